The van der Waals surface area contributed by atoms with Gasteiger partial charge in [-0.1, -0.05) is 45.0 Å². The molecule has 1 aliphatic heterocycles. The van der Waals surface area contributed by atoms with Crippen LogP contribution in [0.4, 0.5) is 0 Å². The summed E-state index contributed by atoms with van der Waals surface area (Å²) in [6.45, 7) is 7.83. The summed E-state index contributed by atoms with van der Waals surface area (Å²) in [4.78, 5) is 23.6. The van der Waals surface area contributed by atoms with Crippen molar-refractivity contribution >= 4 is 11.8 Å². The molecule has 4 nitrogen and oxygen atoms in total. The van der Waals surface area contributed by atoms with Crippen LogP contribution in [-0.2, 0) is 10.2 Å². The molecule has 3 rings (SSSR count). The molecule has 25 heavy (non-hydrogen) atoms. The van der Waals surface area contributed by atoms with E-state index in [0.29, 0.717) is 17.1 Å². The normalized spacial score (nSPS) is 16.8. The van der Waals surface area contributed by atoms with E-state index in [1.807, 2.05) is 12.1 Å². The van der Waals surface area contributed by atoms with Crippen LogP contribution in [0, 0.1) is 0 Å². The second-order valence-electron chi connectivity index (χ2n) is 7.36. The van der Waals surface area contributed by atoms with Crippen LogP contribution in [-0.4, -0.2) is 11.8 Å². The van der Waals surface area contributed by atoms with Gasteiger partial charge in [-0.15, -0.1) is 0 Å². The van der Waals surface area contributed by atoms with Gasteiger partial charge in [-0.25, -0.2) is 0 Å². The highest BCUT2D eigenvalue weighted by molar-refractivity contribution is 6.00. The zero-order valence-electron chi connectivity index (χ0n) is 15.0. The SMILES string of the molecule is CC(=O)Oc1ccc2c(c1)C(=O)C[C@H](c1ccc(C(C)(C)C)cc1)O2. The molecular formula is C21H22O4. The molecule has 0 aromatic heterocycles. The summed E-state index contributed by atoms with van der Waals surface area (Å²) < 4.78 is 11.1. The number of esters is 1. The van der Waals surface area contributed by atoms with Gasteiger partial charge in [-0.05, 0) is 34.7 Å². The van der Waals surface area contributed by atoms with E-state index in [2.05, 4.69) is 32.9 Å². The lowest BCUT2D eigenvalue weighted by Crippen LogP contribution is -2.21. The second kappa shape index (κ2) is 6.36. The fourth-order valence-corrected chi connectivity index (χ4v) is 2.92. The highest BCUT2D eigenvalue weighted by Gasteiger charge is 2.28. The molecule has 1 aliphatic rings. The molecule has 0 saturated carbocycles. The number of rotatable bonds is 2. The predicted octanol–water partition coefficient (Wildman–Crippen LogP) is 4.62. The minimum Gasteiger partial charge on any atom is -0.484 e. The Morgan fingerprint density at radius 2 is 1.80 bits per heavy atom. The van der Waals surface area contributed by atoms with Crippen molar-refractivity contribution in [3.05, 3.63) is 59.2 Å². The molecule has 0 saturated heterocycles. The molecule has 1 atom stereocenters. The molecule has 0 radical (unpaired) electrons. The first kappa shape index (κ1) is 17.2. The molecular weight excluding hydrogens is 316 g/mol. The molecule has 2 aromatic rings. The van der Waals surface area contributed by atoms with Gasteiger partial charge >= 0.3 is 5.97 Å². The monoisotopic (exact) mass is 338 g/mol. The zero-order valence-corrected chi connectivity index (χ0v) is 15.0. The molecule has 4 heteroatoms. The van der Waals surface area contributed by atoms with E-state index in [1.54, 1.807) is 18.2 Å². The summed E-state index contributed by atoms with van der Waals surface area (Å²) in [7, 11) is 0. The van der Waals surface area contributed by atoms with Crippen molar-refractivity contribution in [2.75, 3.05) is 0 Å². The molecule has 2 aromatic carbocycles. The van der Waals surface area contributed by atoms with E-state index in [0.717, 1.165) is 5.56 Å². The third kappa shape index (κ3) is 3.73. The number of carbonyl (C=O) groups excluding carboxylic acids is 2. The van der Waals surface area contributed by atoms with Gasteiger partial charge in [0.2, 0.25) is 0 Å². The van der Waals surface area contributed by atoms with Gasteiger partial charge in [0, 0.05) is 6.92 Å². The number of benzene rings is 2. The van der Waals surface area contributed by atoms with Crippen LogP contribution in [0.25, 0.3) is 0 Å². The Morgan fingerprint density at radius 1 is 1.12 bits per heavy atom. The number of Topliss-reactive ketones (excluding diaryl/α,β-unsaturated/α-hetero) is 1. The van der Waals surface area contributed by atoms with Gasteiger partial charge in [-0.3, -0.25) is 9.59 Å². The fourth-order valence-electron chi connectivity index (χ4n) is 2.92. The van der Waals surface area contributed by atoms with Crippen molar-refractivity contribution in [2.45, 2.75) is 45.6 Å². The van der Waals surface area contributed by atoms with Gasteiger partial charge in [0.1, 0.15) is 17.6 Å². The highest BCUT2D eigenvalue weighted by Crippen LogP contribution is 2.37. The Hall–Kier alpha value is -2.62. The maximum absolute atomic E-state index is 12.5. The molecule has 130 valence electrons. The van der Waals surface area contributed by atoms with Crippen molar-refractivity contribution in [2.24, 2.45) is 0 Å². The average Bonchev–Trinajstić information content (AvgIpc) is 2.54. The number of ether oxygens (including phenoxy) is 2. The van der Waals surface area contributed by atoms with Gasteiger partial charge in [0.25, 0.3) is 0 Å². The first-order chi connectivity index (χ1) is 11.7. The highest BCUT2D eigenvalue weighted by atomic mass is 16.5. The standard InChI is InChI=1S/C21H22O4/c1-13(22)24-16-9-10-19-17(11-16)18(23)12-20(25-19)14-5-7-15(8-6-14)21(2,3)4/h5-11,20H,12H2,1-4H3/t20-/m1/s1. The lowest BCUT2D eigenvalue weighted by Gasteiger charge is -2.26. The predicted molar refractivity (Wildman–Crippen MR) is 95.2 cm³/mol. The number of hydrogen-bond acceptors (Lipinski definition) is 4. The summed E-state index contributed by atoms with van der Waals surface area (Å²) in [5.41, 5.74) is 2.77. The van der Waals surface area contributed by atoms with E-state index < -0.39 is 5.97 Å². The lowest BCUT2D eigenvalue weighted by atomic mass is 9.86. The second-order valence-corrected chi connectivity index (χ2v) is 7.36. The smallest absolute Gasteiger partial charge is 0.308 e. The largest absolute Gasteiger partial charge is 0.484 e. The van der Waals surface area contributed by atoms with Gasteiger partial charge in [-0.2, -0.15) is 0 Å². The van der Waals surface area contributed by atoms with Crippen LogP contribution < -0.4 is 9.47 Å². The van der Waals surface area contributed by atoms with Crippen molar-refractivity contribution in [3.63, 3.8) is 0 Å². The van der Waals surface area contributed by atoms with Crippen LogP contribution >= 0.6 is 0 Å². The Labute approximate surface area is 147 Å². The first-order valence-corrected chi connectivity index (χ1v) is 8.37. The van der Waals surface area contributed by atoms with Gasteiger partial charge < -0.3 is 9.47 Å². The molecule has 0 spiro atoms. The third-order valence-electron chi connectivity index (χ3n) is 4.30. The number of hydrogen-bond donors (Lipinski definition) is 0. The van der Waals surface area contributed by atoms with E-state index in [4.69, 9.17) is 9.47 Å². The Balaban J connectivity index is 1.84. The molecule has 0 N–H and O–H groups in total. The summed E-state index contributed by atoms with van der Waals surface area (Å²) in [5.74, 6) is 0.453. The van der Waals surface area contributed by atoms with Crippen LogP contribution in [0.15, 0.2) is 42.5 Å². The summed E-state index contributed by atoms with van der Waals surface area (Å²) in [5, 5.41) is 0. The van der Waals surface area contributed by atoms with E-state index in [1.165, 1.54) is 12.5 Å². The Bertz CT molecular complexity index is 813. The van der Waals surface area contributed by atoms with Crippen LogP contribution in [0.3, 0.4) is 0 Å². The number of ketones is 1. The third-order valence-corrected chi connectivity index (χ3v) is 4.30. The lowest BCUT2D eigenvalue weighted by molar-refractivity contribution is -0.131. The van der Waals surface area contributed by atoms with Crippen molar-refractivity contribution in [1.82, 2.24) is 0 Å². The molecule has 1 heterocycles. The molecule has 0 unspecified atom stereocenters. The van der Waals surface area contributed by atoms with Crippen LogP contribution in [0.1, 0.15) is 61.7 Å². The minimum atomic E-state index is -0.416. The van der Waals surface area contributed by atoms with E-state index >= 15 is 0 Å². The molecule has 0 fully saturated rings. The molecule has 0 aliphatic carbocycles. The van der Waals surface area contributed by atoms with E-state index in [9.17, 15) is 9.59 Å². The van der Waals surface area contributed by atoms with Crippen LogP contribution in [0.2, 0.25) is 0 Å². The number of carbonyl (C=O) groups is 2. The van der Waals surface area contributed by atoms with Gasteiger partial charge in [0.15, 0.2) is 5.78 Å². The van der Waals surface area contributed by atoms with Crippen molar-refractivity contribution < 1.29 is 19.1 Å². The molecule has 0 bridgehead atoms. The van der Waals surface area contributed by atoms with Crippen molar-refractivity contribution in [3.8, 4) is 11.5 Å². The molecule has 0 amide bonds. The Kier molecular flexibility index (Phi) is 4.38. The van der Waals surface area contributed by atoms with Crippen LogP contribution in [0.5, 0.6) is 11.5 Å². The first-order valence-electron chi connectivity index (χ1n) is 8.37. The van der Waals surface area contributed by atoms with Gasteiger partial charge in [0.05, 0.1) is 12.0 Å². The maximum atomic E-state index is 12.5. The number of fused-ring (bicyclic) bond motifs is 1. The minimum absolute atomic E-state index is 0.0138. The summed E-state index contributed by atoms with van der Waals surface area (Å²) in [6.07, 6.45) is -0.0284. The zero-order chi connectivity index (χ0) is 18.2. The average molecular weight is 338 g/mol. The fraction of sp³-hybridized carbons (Fsp3) is 0.333. The topological polar surface area (TPSA) is 52.6 Å². The summed E-state index contributed by atoms with van der Waals surface area (Å²) in [6, 6.07) is 13.1. The van der Waals surface area contributed by atoms with Crippen molar-refractivity contribution in [1.29, 1.82) is 0 Å². The maximum Gasteiger partial charge on any atom is 0.308 e. The Morgan fingerprint density at radius 3 is 2.40 bits per heavy atom. The summed E-state index contributed by atoms with van der Waals surface area (Å²) >= 11 is 0. The quantitative estimate of drug-likeness (QED) is 0.592. The van der Waals surface area contributed by atoms with E-state index in [-0.39, 0.29) is 23.7 Å².